The summed E-state index contributed by atoms with van der Waals surface area (Å²) < 4.78 is 0. The van der Waals surface area contributed by atoms with Gasteiger partial charge in [-0.05, 0) is 42.8 Å². The zero-order valence-corrected chi connectivity index (χ0v) is 16.9. The number of allylic oxidation sites excluding steroid dienone is 4. The van der Waals surface area contributed by atoms with Crippen molar-refractivity contribution in [3.8, 4) is 0 Å². The highest BCUT2D eigenvalue weighted by Crippen LogP contribution is 2.04. The van der Waals surface area contributed by atoms with E-state index in [9.17, 15) is 0 Å². The van der Waals surface area contributed by atoms with Gasteiger partial charge in [-0.1, -0.05) is 86.7 Å². The molecule has 0 unspecified atom stereocenters. The number of anilines is 1. The Balaban J connectivity index is 0. The summed E-state index contributed by atoms with van der Waals surface area (Å²) in [4.78, 5) is 8.00. The fraction of sp³-hybridized carbons (Fsp3) is 0.208. The van der Waals surface area contributed by atoms with Crippen molar-refractivity contribution in [2.75, 3.05) is 12.8 Å². The number of rotatable bonds is 5. The van der Waals surface area contributed by atoms with Crippen molar-refractivity contribution < 1.29 is 4.79 Å². The minimum absolute atomic E-state index is 0.840. The number of carbonyl (C=O) groups excluding carboxylic acids is 1. The Morgan fingerprint density at radius 2 is 1.44 bits per heavy atom. The Bertz CT molecular complexity index is 590. The Labute approximate surface area is 165 Å². The lowest BCUT2D eigenvalue weighted by Crippen LogP contribution is -1.89. The van der Waals surface area contributed by atoms with E-state index < -0.39 is 0 Å². The molecule has 2 aromatic carbocycles. The van der Waals surface area contributed by atoms with Gasteiger partial charge in [0.15, 0.2) is 0 Å². The second-order valence-electron chi connectivity index (χ2n) is 5.27. The van der Waals surface area contributed by atoms with E-state index in [4.69, 9.17) is 10.5 Å². The first kappa shape index (κ1) is 26.2. The molecule has 0 amide bonds. The van der Waals surface area contributed by atoms with Crippen LogP contribution < -0.4 is 11.1 Å². The van der Waals surface area contributed by atoms with E-state index in [1.54, 1.807) is 0 Å². The molecule has 0 fully saturated rings. The summed E-state index contributed by atoms with van der Waals surface area (Å²) in [6.07, 6.45) is 9.90. The molecule has 0 aromatic heterocycles. The van der Waals surface area contributed by atoms with Gasteiger partial charge in [-0.3, -0.25) is 0 Å². The van der Waals surface area contributed by atoms with Crippen LogP contribution in [-0.2, 0) is 11.2 Å². The number of nitrogen functional groups attached to an aromatic ring is 1. The molecule has 0 saturated carbocycles. The summed E-state index contributed by atoms with van der Waals surface area (Å²) in [5.74, 6) is 0. The van der Waals surface area contributed by atoms with Crippen molar-refractivity contribution in [1.82, 2.24) is 5.32 Å². The standard InChI is InChI=1S/C9H15N.C8H11N.C6H6.CH2O/c1-4-9(2)7-5-6-8-10-3;1-2-7-3-5-8(9)6-4-7;1-2-4-6-5-3-1;1-2/h5-8,10H,2,4H2,1,3H3;3-6H,2,9H2,1H3;1-6H;1H2/b7-5-,8-6-;;;. The molecule has 0 atom stereocenters. The van der Waals surface area contributed by atoms with E-state index in [2.05, 4.69) is 37.9 Å². The lowest BCUT2D eigenvalue weighted by molar-refractivity contribution is -0.0979. The molecule has 0 bridgehead atoms. The van der Waals surface area contributed by atoms with Gasteiger partial charge in [0.1, 0.15) is 6.79 Å². The molecule has 0 radical (unpaired) electrons. The van der Waals surface area contributed by atoms with Crippen molar-refractivity contribution >= 4 is 12.5 Å². The third-order valence-corrected chi connectivity index (χ3v) is 3.21. The molecule has 0 spiro atoms. The van der Waals surface area contributed by atoms with Gasteiger partial charge in [0, 0.05) is 12.7 Å². The van der Waals surface area contributed by atoms with E-state index >= 15 is 0 Å². The zero-order valence-electron chi connectivity index (χ0n) is 16.9. The molecule has 0 saturated heterocycles. The topological polar surface area (TPSA) is 55.1 Å². The molecule has 0 aliphatic carbocycles. The summed E-state index contributed by atoms with van der Waals surface area (Å²) >= 11 is 0. The smallest absolute Gasteiger partial charge is 0.106 e. The third-order valence-electron chi connectivity index (χ3n) is 3.21. The Hall–Kier alpha value is -3.07. The van der Waals surface area contributed by atoms with Crippen molar-refractivity contribution in [3.63, 3.8) is 0 Å². The number of aryl methyl sites for hydroxylation is 1. The summed E-state index contributed by atoms with van der Waals surface area (Å²) in [7, 11) is 1.87. The van der Waals surface area contributed by atoms with E-state index in [1.807, 2.05) is 86.8 Å². The second kappa shape index (κ2) is 21.0. The highest BCUT2D eigenvalue weighted by atomic mass is 16.1. The first-order chi connectivity index (χ1) is 13.1. The van der Waals surface area contributed by atoms with Gasteiger partial charge in [0.2, 0.25) is 0 Å². The average molecular weight is 367 g/mol. The van der Waals surface area contributed by atoms with E-state index in [0.717, 1.165) is 24.1 Å². The fourth-order valence-electron chi connectivity index (χ4n) is 1.60. The Kier molecular flexibility index (Phi) is 20.3. The summed E-state index contributed by atoms with van der Waals surface area (Å²) in [6, 6.07) is 20.0. The molecule has 0 aliphatic rings. The van der Waals surface area contributed by atoms with Crippen LogP contribution in [0.4, 0.5) is 5.69 Å². The van der Waals surface area contributed by atoms with Crippen LogP contribution >= 0.6 is 0 Å². The zero-order chi connectivity index (χ0) is 20.8. The van der Waals surface area contributed by atoms with E-state index in [0.29, 0.717) is 0 Å². The Morgan fingerprint density at radius 1 is 0.963 bits per heavy atom. The van der Waals surface area contributed by atoms with Crippen molar-refractivity contribution in [1.29, 1.82) is 0 Å². The van der Waals surface area contributed by atoms with Crippen molar-refractivity contribution in [2.24, 2.45) is 0 Å². The Morgan fingerprint density at radius 3 is 1.81 bits per heavy atom. The predicted molar refractivity (Wildman–Crippen MR) is 121 cm³/mol. The van der Waals surface area contributed by atoms with Gasteiger partial charge in [-0.15, -0.1) is 0 Å². The highest BCUT2D eigenvalue weighted by molar-refractivity contribution is 5.39. The average Bonchev–Trinajstić information content (AvgIpc) is 2.75. The van der Waals surface area contributed by atoms with Crippen molar-refractivity contribution in [3.05, 3.63) is 103 Å². The van der Waals surface area contributed by atoms with Gasteiger partial charge >= 0.3 is 0 Å². The molecule has 3 heteroatoms. The summed E-state index contributed by atoms with van der Waals surface area (Å²) in [5, 5.41) is 2.90. The second-order valence-corrected chi connectivity index (χ2v) is 5.27. The molecule has 3 N–H and O–H groups in total. The first-order valence-electron chi connectivity index (χ1n) is 8.95. The van der Waals surface area contributed by atoms with Crippen LogP contribution in [0.25, 0.3) is 0 Å². The lowest BCUT2D eigenvalue weighted by Gasteiger charge is -1.94. The maximum Gasteiger partial charge on any atom is 0.106 e. The predicted octanol–water partition coefficient (Wildman–Crippen LogP) is 5.57. The number of hydrogen-bond donors (Lipinski definition) is 2. The number of carbonyl (C=O) groups is 1. The van der Waals surface area contributed by atoms with Gasteiger partial charge in [-0.2, -0.15) is 0 Å². The quantitative estimate of drug-likeness (QED) is 0.537. The van der Waals surface area contributed by atoms with Gasteiger partial charge in [-0.25, -0.2) is 0 Å². The normalized spacial score (nSPS) is 9.15. The first-order valence-corrected chi connectivity index (χ1v) is 8.95. The number of nitrogens with two attached hydrogens (primary N) is 1. The van der Waals surface area contributed by atoms with Crippen LogP contribution in [0.15, 0.2) is 97.2 Å². The molecular formula is C24H34N2O. The molecule has 146 valence electrons. The number of benzene rings is 2. The summed E-state index contributed by atoms with van der Waals surface area (Å²) in [5.41, 5.74) is 8.81. The van der Waals surface area contributed by atoms with E-state index in [-0.39, 0.29) is 0 Å². The maximum absolute atomic E-state index is 8.00. The van der Waals surface area contributed by atoms with E-state index in [1.165, 1.54) is 5.56 Å². The summed E-state index contributed by atoms with van der Waals surface area (Å²) in [6.45, 7) is 10.1. The van der Waals surface area contributed by atoms with Crippen molar-refractivity contribution in [2.45, 2.75) is 26.7 Å². The highest BCUT2D eigenvalue weighted by Gasteiger charge is 1.85. The maximum atomic E-state index is 8.00. The van der Waals surface area contributed by atoms with Gasteiger partial charge < -0.3 is 15.8 Å². The SMILES string of the molecule is C=C(/C=C\C=C/NC)CC.C=O.CCc1ccc(N)cc1.c1ccccc1. The van der Waals surface area contributed by atoms with Crippen LogP contribution in [0.5, 0.6) is 0 Å². The molecule has 27 heavy (non-hydrogen) atoms. The van der Waals surface area contributed by atoms with Crippen LogP contribution in [0, 0.1) is 0 Å². The van der Waals surface area contributed by atoms with Gasteiger partial charge in [0.25, 0.3) is 0 Å². The van der Waals surface area contributed by atoms with Gasteiger partial charge in [0.05, 0.1) is 0 Å². The molecule has 0 aliphatic heterocycles. The molecule has 2 rings (SSSR count). The van der Waals surface area contributed by atoms with Crippen LogP contribution in [0.3, 0.4) is 0 Å². The third kappa shape index (κ3) is 19.1. The number of nitrogens with one attached hydrogen (secondary N) is 1. The number of hydrogen-bond acceptors (Lipinski definition) is 3. The largest absolute Gasteiger partial charge is 0.399 e. The molecule has 3 nitrogen and oxygen atoms in total. The minimum atomic E-state index is 0.840. The van der Waals surface area contributed by atoms with Crippen LogP contribution in [-0.4, -0.2) is 13.8 Å². The van der Waals surface area contributed by atoms with Crippen LogP contribution in [0.1, 0.15) is 25.8 Å². The lowest BCUT2D eigenvalue weighted by atomic mass is 10.2. The molecule has 0 heterocycles. The molecule has 2 aromatic rings. The monoisotopic (exact) mass is 366 g/mol. The minimum Gasteiger partial charge on any atom is -0.399 e. The van der Waals surface area contributed by atoms with Crippen LogP contribution in [0.2, 0.25) is 0 Å². The molecular weight excluding hydrogens is 332 g/mol. The fourth-order valence-corrected chi connectivity index (χ4v) is 1.60.